The summed E-state index contributed by atoms with van der Waals surface area (Å²) in [5, 5.41) is 8.17. The van der Waals surface area contributed by atoms with E-state index in [2.05, 4.69) is 21.5 Å². The number of rotatable bonds is 6. The minimum Gasteiger partial charge on any atom is -0.384 e. The van der Waals surface area contributed by atoms with E-state index < -0.39 is 0 Å². The largest absolute Gasteiger partial charge is 0.384 e. The van der Waals surface area contributed by atoms with Crippen LogP contribution < -0.4 is 11.1 Å². The molecule has 3 N–H and O–H groups in total. The first-order valence-electron chi connectivity index (χ1n) is 7.53. The van der Waals surface area contributed by atoms with Crippen LogP contribution >= 0.6 is 11.3 Å². The third kappa shape index (κ3) is 3.87. The van der Waals surface area contributed by atoms with Crippen molar-refractivity contribution in [3.05, 3.63) is 41.0 Å². The SMILES string of the molecule is Cc1cc(N)n(CC(=O)NCCCc2nc3ccccc3s2)n1. The number of nitrogens with zero attached hydrogens (tertiary/aromatic N) is 3. The second kappa shape index (κ2) is 6.78. The Morgan fingerprint density at radius 1 is 1.39 bits per heavy atom. The summed E-state index contributed by atoms with van der Waals surface area (Å²) in [6.45, 7) is 2.62. The van der Waals surface area contributed by atoms with Gasteiger partial charge in [0.25, 0.3) is 0 Å². The molecule has 0 saturated heterocycles. The number of benzene rings is 1. The average molecular weight is 329 g/mol. The summed E-state index contributed by atoms with van der Waals surface area (Å²) in [4.78, 5) is 16.5. The molecule has 23 heavy (non-hydrogen) atoms. The number of nitrogens with one attached hydrogen (secondary N) is 1. The number of carbonyl (C=O) groups excluding carboxylic acids is 1. The highest BCUT2D eigenvalue weighted by molar-refractivity contribution is 7.18. The second-order valence-corrected chi connectivity index (χ2v) is 6.51. The van der Waals surface area contributed by atoms with E-state index in [0.29, 0.717) is 12.4 Å². The molecule has 2 aromatic heterocycles. The first-order chi connectivity index (χ1) is 11.1. The number of fused-ring (bicyclic) bond motifs is 1. The van der Waals surface area contributed by atoms with Gasteiger partial charge >= 0.3 is 0 Å². The average Bonchev–Trinajstić information content (AvgIpc) is 3.06. The molecule has 0 bridgehead atoms. The second-order valence-electron chi connectivity index (χ2n) is 5.40. The van der Waals surface area contributed by atoms with Gasteiger partial charge in [0.15, 0.2) is 0 Å². The van der Waals surface area contributed by atoms with Crippen molar-refractivity contribution in [3.8, 4) is 0 Å². The van der Waals surface area contributed by atoms with Crippen LogP contribution in [0, 0.1) is 6.92 Å². The minimum atomic E-state index is -0.0795. The van der Waals surface area contributed by atoms with Crippen LogP contribution in [0.4, 0.5) is 5.82 Å². The minimum absolute atomic E-state index is 0.0795. The molecule has 0 atom stereocenters. The van der Waals surface area contributed by atoms with Gasteiger partial charge in [0, 0.05) is 19.0 Å². The fourth-order valence-corrected chi connectivity index (χ4v) is 3.39. The van der Waals surface area contributed by atoms with Crippen LogP contribution in [0.5, 0.6) is 0 Å². The highest BCUT2D eigenvalue weighted by Crippen LogP contribution is 2.22. The van der Waals surface area contributed by atoms with Gasteiger partial charge in [0.2, 0.25) is 5.91 Å². The Morgan fingerprint density at radius 3 is 2.96 bits per heavy atom. The van der Waals surface area contributed by atoms with Gasteiger partial charge in [-0.3, -0.25) is 4.79 Å². The third-order valence-electron chi connectivity index (χ3n) is 3.45. The number of amides is 1. The Balaban J connectivity index is 1.44. The van der Waals surface area contributed by atoms with Crippen molar-refractivity contribution < 1.29 is 4.79 Å². The predicted molar refractivity (Wildman–Crippen MR) is 92.3 cm³/mol. The molecule has 120 valence electrons. The maximum atomic E-state index is 11.9. The number of nitrogen functional groups attached to an aromatic ring is 1. The van der Waals surface area contributed by atoms with E-state index in [0.717, 1.165) is 29.1 Å². The molecular weight excluding hydrogens is 310 g/mol. The molecule has 0 aliphatic carbocycles. The van der Waals surface area contributed by atoms with Crippen molar-refractivity contribution in [1.29, 1.82) is 0 Å². The highest BCUT2D eigenvalue weighted by Gasteiger charge is 2.07. The molecule has 0 saturated carbocycles. The van der Waals surface area contributed by atoms with Crippen molar-refractivity contribution in [2.45, 2.75) is 26.3 Å². The summed E-state index contributed by atoms with van der Waals surface area (Å²) in [6.07, 6.45) is 1.72. The first-order valence-corrected chi connectivity index (χ1v) is 8.34. The van der Waals surface area contributed by atoms with E-state index in [9.17, 15) is 4.79 Å². The van der Waals surface area contributed by atoms with Crippen LogP contribution in [0.3, 0.4) is 0 Å². The maximum absolute atomic E-state index is 11.9. The third-order valence-corrected chi connectivity index (χ3v) is 4.55. The number of hydrogen-bond donors (Lipinski definition) is 2. The Bertz CT molecular complexity index is 790. The summed E-state index contributed by atoms with van der Waals surface area (Å²) < 4.78 is 2.72. The van der Waals surface area contributed by atoms with Gasteiger partial charge in [0.05, 0.1) is 20.9 Å². The zero-order valence-corrected chi connectivity index (χ0v) is 13.8. The lowest BCUT2D eigenvalue weighted by Gasteiger charge is -2.06. The van der Waals surface area contributed by atoms with Crippen molar-refractivity contribution in [1.82, 2.24) is 20.1 Å². The lowest BCUT2D eigenvalue weighted by Crippen LogP contribution is -2.29. The van der Waals surface area contributed by atoms with Crippen LogP contribution in [-0.2, 0) is 17.8 Å². The molecule has 0 radical (unpaired) electrons. The van der Waals surface area contributed by atoms with Gasteiger partial charge in [-0.15, -0.1) is 11.3 Å². The molecule has 3 aromatic rings. The molecule has 2 heterocycles. The highest BCUT2D eigenvalue weighted by atomic mass is 32.1. The monoisotopic (exact) mass is 329 g/mol. The summed E-state index contributed by atoms with van der Waals surface area (Å²) >= 11 is 1.71. The van der Waals surface area contributed by atoms with E-state index in [4.69, 9.17) is 5.73 Å². The normalized spacial score (nSPS) is 11.0. The molecule has 6 nitrogen and oxygen atoms in total. The molecule has 0 aliphatic rings. The molecule has 1 aromatic carbocycles. The number of aromatic nitrogens is 3. The zero-order valence-electron chi connectivity index (χ0n) is 13.0. The molecule has 7 heteroatoms. The van der Waals surface area contributed by atoms with E-state index >= 15 is 0 Å². The van der Waals surface area contributed by atoms with Crippen LogP contribution in [0.25, 0.3) is 10.2 Å². The number of aryl methyl sites for hydroxylation is 2. The molecule has 0 fully saturated rings. The summed E-state index contributed by atoms with van der Waals surface area (Å²) in [6, 6.07) is 9.87. The van der Waals surface area contributed by atoms with Gasteiger partial charge in [-0.1, -0.05) is 12.1 Å². The van der Waals surface area contributed by atoms with Crippen molar-refractivity contribution >= 4 is 33.3 Å². The van der Waals surface area contributed by atoms with Gasteiger partial charge < -0.3 is 11.1 Å². The predicted octanol–water partition coefficient (Wildman–Crippen LogP) is 2.13. The lowest BCUT2D eigenvalue weighted by atomic mass is 10.3. The zero-order chi connectivity index (χ0) is 16.2. The Labute approximate surface area is 138 Å². The van der Waals surface area contributed by atoms with E-state index in [1.54, 1.807) is 17.4 Å². The van der Waals surface area contributed by atoms with Crippen molar-refractivity contribution in [2.24, 2.45) is 0 Å². The van der Waals surface area contributed by atoms with Gasteiger partial charge in [-0.05, 0) is 25.5 Å². The molecule has 3 rings (SSSR count). The molecule has 0 unspecified atom stereocenters. The number of carbonyl (C=O) groups is 1. The molecular formula is C16H19N5OS. The topological polar surface area (TPSA) is 85.8 Å². The number of nitrogens with two attached hydrogens (primary N) is 1. The first kappa shape index (κ1) is 15.5. The molecule has 1 amide bonds. The van der Waals surface area contributed by atoms with Gasteiger partial charge in [-0.2, -0.15) is 5.10 Å². The van der Waals surface area contributed by atoms with Crippen LogP contribution in [0.15, 0.2) is 30.3 Å². The Hall–Kier alpha value is -2.41. The number of para-hydroxylation sites is 1. The fourth-order valence-electron chi connectivity index (χ4n) is 2.38. The van der Waals surface area contributed by atoms with Gasteiger partial charge in [0.1, 0.15) is 12.4 Å². The summed E-state index contributed by atoms with van der Waals surface area (Å²) in [7, 11) is 0. The maximum Gasteiger partial charge on any atom is 0.241 e. The smallest absolute Gasteiger partial charge is 0.241 e. The quantitative estimate of drug-likeness (QED) is 0.678. The Kier molecular flexibility index (Phi) is 4.57. The number of thiazole rings is 1. The molecule has 0 aliphatic heterocycles. The summed E-state index contributed by atoms with van der Waals surface area (Å²) in [5.74, 6) is 0.427. The van der Waals surface area contributed by atoms with E-state index in [-0.39, 0.29) is 12.5 Å². The van der Waals surface area contributed by atoms with Crippen LogP contribution in [0.2, 0.25) is 0 Å². The van der Waals surface area contributed by atoms with Crippen LogP contribution in [-0.4, -0.2) is 27.2 Å². The van der Waals surface area contributed by atoms with Crippen molar-refractivity contribution in [2.75, 3.05) is 12.3 Å². The van der Waals surface area contributed by atoms with E-state index in [1.165, 1.54) is 9.38 Å². The fraction of sp³-hybridized carbons (Fsp3) is 0.312. The number of anilines is 1. The molecule has 0 spiro atoms. The standard InChI is InChI=1S/C16H19N5OS/c1-11-9-14(17)21(20-11)10-15(22)18-8-4-7-16-19-12-5-2-3-6-13(12)23-16/h2-3,5-6,9H,4,7-8,10,17H2,1H3,(H,18,22). The van der Waals surface area contributed by atoms with E-state index in [1.807, 2.05) is 25.1 Å². The number of hydrogen-bond acceptors (Lipinski definition) is 5. The lowest BCUT2D eigenvalue weighted by molar-refractivity contribution is -0.121. The van der Waals surface area contributed by atoms with Crippen molar-refractivity contribution in [3.63, 3.8) is 0 Å². The summed E-state index contributed by atoms with van der Waals surface area (Å²) in [5.41, 5.74) is 7.62. The Morgan fingerprint density at radius 2 is 2.22 bits per heavy atom. The van der Waals surface area contributed by atoms with Crippen LogP contribution in [0.1, 0.15) is 17.1 Å². The van der Waals surface area contributed by atoms with Gasteiger partial charge in [-0.25, -0.2) is 9.67 Å².